The summed E-state index contributed by atoms with van der Waals surface area (Å²) in [7, 11) is 1.83. The number of anilines is 1. The van der Waals surface area contributed by atoms with Gasteiger partial charge in [-0.05, 0) is 6.07 Å². The van der Waals surface area contributed by atoms with Crippen LogP contribution < -0.4 is 5.32 Å². The van der Waals surface area contributed by atoms with E-state index in [9.17, 15) is 10.2 Å². The van der Waals surface area contributed by atoms with E-state index in [2.05, 4.69) is 10.4 Å². The smallest absolute Gasteiger partial charge is 0.162 e. The average Bonchev–Trinajstić information content (AvgIpc) is 2.67. The molecular formula is C11H13N3O2. The molecule has 0 unspecified atom stereocenters. The Kier molecular flexibility index (Phi) is 2.68. The molecule has 0 radical (unpaired) electrons. The minimum atomic E-state index is -0.111. The van der Waals surface area contributed by atoms with Crippen LogP contribution in [0, 0.1) is 0 Å². The first kappa shape index (κ1) is 10.4. The Hall–Kier alpha value is -2.17. The largest absolute Gasteiger partial charge is 0.504 e. The molecule has 5 heteroatoms. The van der Waals surface area contributed by atoms with Gasteiger partial charge in [-0.15, -0.1) is 0 Å². The minimum absolute atomic E-state index is 0.0917. The van der Waals surface area contributed by atoms with E-state index in [4.69, 9.17) is 0 Å². The lowest BCUT2D eigenvalue weighted by molar-refractivity contribution is 0.400. The first-order chi connectivity index (χ1) is 7.66. The molecule has 2 aromatic rings. The van der Waals surface area contributed by atoms with Crippen molar-refractivity contribution in [2.75, 3.05) is 5.32 Å². The maximum Gasteiger partial charge on any atom is 0.162 e. The lowest BCUT2D eigenvalue weighted by Gasteiger charge is -2.06. The summed E-state index contributed by atoms with van der Waals surface area (Å²) in [5.41, 5.74) is 0.630. The normalized spacial score (nSPS) is 10.3. The van der Waals surface area contributed by atoms with Crippen LogP contribution in [0.25, 0.3) is 0 Å². The van der Waals surface area contributed by atoms with Crippen LogP contribution in [0.15, 0.2) is 30.5 Å². The lowest BCUT2D eigenvalue weighted by Crippen LogP contribution is -2.01. The number of para-hydroxylation sites is 1. The Morgan fingerprint density at radius 2 is 2.12 bits per heavy atom. The van der Waals surface area contributed by atoms with E-state index in [1.54, 1.807) is 16.8 Å². The second-order valence-corrected chi connectivity index (χ2v) is 3.51. The Morgan fingerprint density at radius 3 is 2.81 bits per heavy atom. The van der Waals surface area contributed by atoms with Crippen LogP contribution in [0.2, 0.25) is 0 Å². The van der Waals surface area contributed by atoms with Crippen LogP contribution >= 0.6 is 0 Å². The van der Waals surface area contributed by atoms with Crippen molar-refractivity contribution in [3.8, 4) is 11.5 Å². The summed E-state index contributed by atoms with van der Waals surface area (Å²) >= 11 is 0. The predicted octanol–water partition coefficient (Wildman–Crippen LogP) is 1.44. The summed E-state index contributed by atoms with van der Waals surface area (Å²) in [6.45, 7) is 0.414. The quantitative estimate of drug-likeness (QED) is 0.683. The number of aryl methyl sites for hydroxylation is 1. The van der Waals surface area contributed by atoms with Gasteiger partial charge in [0.25, 0.3) is 0 Å². The molecule has 0 bridgehead atoms. The van der Waals surface area contributed by atoms with Crippen molar-refractivity contribution in [3.63, 3.8) is 0 Å². The predicted molar refractivity (Wildman–Crippen MR) is 60.3 cm³/mol. The molecule has 0 aliphatic rings. The average molecular weight is 219 g/mol. The summed E-state index contributed by atoms with van der Waals surface area (Å²) in [4.78, 5) is 0. The van der Waals surface area contributed by atoms with Crippen molar-refractivity contribution in [1.82, 2.24) is 9.78 Å². The number of rotatable bonds is 3. The number of hydrogen-bond acceptors (Lipinski definition) is 4. The molecule has 16 heavy (non-hydrogen) atoms. The zero-order valence-electron chi connectivity index (χ0n) is 8.88. The van der Waals surface area contributed by atoms with Crippen LogP contribution in [0.5, 0.6) is 11.5 Å². The number of aromatic nitrogens is 2. The molecule has 2 rings (SSSR count). The highest BCUT2D eigenvalue weighted by atomic mass is 16.3. The van der Waals surface area contributed by atoms with Gasteiger partial charge in [0.1, 0.15) is 5.82 Å². The molecule has 3 N–H and O–H groups in total. The minimum Gasteiger partial charge on any atom is -0.504 e. The Labute approximate surface area is 93.0 Å². The highest BCUT2D eigenvalue weighted by molar-refractivity contribution is 5.46. The fraction of sp³-hybridized carbons (Fsp3) is 0.182. The Balaban J connectivity index is 2.07. The maximum absolute atomic E-state index is 9.57. The summed E-state index contributed by atoms with van der Waals surface area (Å²) < 4.78 is 1.69. The highest BCUT2D eigenvalue weighted by Crippen LogP contribution is 2.28. The third kappa shape index (κ3) is 2.08. The van der Waals surface area contributed by atoms with Crippen molar-refractivity contribution < 1.29 is 10.2 Å². The van der Waals surface area contributed by atoms with E-state index in [1.807, 2.05) is 19.3 Å². The molecule has 0 amide bonds. The van der Waals surface area contributed by atoms with Crippen LogP contribution in [0.1, 0.15) is 5.56 Å². The fourth-order valence-electron chi connectivity index (χ4n) is 1.42. The van der Waals surface area contributed by atoms with Gasteiger partial charge in [0.2, 0.25) is 0 Å². The van der Waals surface area contributed by atoms with Gasteiger partial charge in [0.15, 0.2) is 11.5 Å². The van der Waals surface area contributed by atoms with E-state index >= 15 is 0 Å². The zero-order valence-corrected chi connectivity index (χ0v) is 8.88. The topological polar surface area (TPSA) is 70.3 Å². The Morgan fingerprint density at radius 1 is 1.31 bits per heavy atom. The molecule has 0 fully saturated rings. The number of aromatic hydroxyl groups is 2. The van der Waals surface area contributed by atoms with Crippen molar-refractivity contribution >= 4 is 5.82 Å². The molecule has 0 saturated carbocycles. The Bertz CT molecular complexity index is 494. The molecule has 1 aromatic carbocycles. The number of nitrogens with one attached hydrogen (secondary N) is 1. The van der Waals surface area contributed by atoms with E-state index in [1.165, 1.54) is 6.07 Å². The second-order valence-electron chi connectivity index (χ2n) is 3.51. The monoisotopic (exact) mass is 219 g/mol. The van der Waals surface area contributed by atoms with Crippen LogP contribution in [0.3, 0.4) is 0 Å². The summed E-state index contributed by atoms with van der Waals surface area (Å²) in [5.74, 6) is 0.525. The van der Waals surface area contributed by atoms with Gasteiger partial charge in [-0.25, -0.2) is 0 Å². The van der Waals surface area contributed by atoms with Gasteiger partial charge in [-0.2, -0.15) is 5.10 Å². The van der Waals surface area contributed by atoms with Gasteiger partial charge >= 0.3 is 0 Å². The van der Waals surface area contributed by atoms with Crippen molar-refractivity contribution in [1.29, 1.82) is 0 Å². The number of phenols is 2. The summed E-state index contributed by atoms with van der Waals surface area (Å²) in [6, 6.07) is 6.70. The van der Waals surface area contributed by atoms with Crippen molar-refractivity contribution in [2.24, 2.45) is 7.05 Å². The van der Waals surface area contributed by atoms with Crippen LogP contribution in [-0.4, -0.2) is 20.0 Å². The lowest BCUT2D eigenvalue weighted by atomic mass is 10.2. The van der Waals surface area contributed by atoms with Gasteiger partial charge in [-0.3, -0.25) is 4.68 Å². The molecule has 0 spiro atoms. The molecular weight excluding hydrogens is 206 g/mol. The van der Waals surface area contributed by atoms with Crippen molar-refractivity contribution in [2.45, 2.75) is 6.54 Å². The molecule has 84 valence electrons. The molecule has 0 aliphatic heterocycles. The molecule has 0 atom stereocenters. The van der Waals surface area contributed by atoms with Gasteiger partial charge in [-0.1, -0.05) is 12.1 Å². The maximum atomic E-state index is 9.57. The van der Waals surface area contributed by atoms with Crippen molar-refractivity contribution in [3.05, 3.63) is 36.0 Å². The van der Waals surface area contributed by atoms with E-state index in [0.717, 1.165) is 5.82 Å². The molecule has 1 heterocycles. The van der Waals surface area contributed by atoms with E-state index < -0.39 is 0 Å². The molecule has 0 aliphatic carbocycles. The highest BCUT2D eigenvalue weighted by Gasteiger charge is 2.05. The first-order valence-electron chi connectivity index (χ1n) is 4.90. The van der Waals surface area contributed by atoms with Crippen LogP contribution in [0.4, 0.5) is 5.82 Å². The van der Waals surface area contributed by atoms with Gasteiger partial charge in [0, 0.05) is 31.4 Å². The van der Waals surface area contributed by atoms with Gasteiger partial charge in [0.05, 0.1) is 0 Å². The fourth-order valence-corrected chi connectivity index (χ4v) is 1.42. The molecule has 0 saturated heterocycles. The first-order valence-corrected chi connectivity index (χ1v) is 4.90. The second kappa shape index (κ2) is 4.14. The number of nitrogens with zero attached hydrogens (tertiary/aromatic N) is 2. The van der Waals surface area contributed by atoms with E-state index in [0.29, 0.717) is 12.1 Å². The molecule has 1 aromatic heterocycles. The number of phenolic OH excluding ortho intramolecular Hbond substituents is 2. The third-order valence-electron chi connectivity index (χ3n) is 2.27. The SMILES string of the molecule is Cn1ccc(NCc2cccc(O)c2O)n1. The third-order valence-corrected chi connectivity index (χ3v) is 2.27. The van der Waals surface area contributed by atoms with Crippen LogP contribution in [-0.2, 0) is 13.6 Å². The summed E-state index contributed by atoms with van der Waals surface area (Å²) in [5, 5.41) is 26.1. The standard InChI is InChI=1S/C11H13N3O2/c1-14-6-5-10(13-14)12-7-8-3-2-4-9(15)11(8)16/h2-6,15-16H,7H2,1H3,(H,12,13). The zero-order chi connectivity index (χ0) is 11.5. The molecule has 5 nitrogen and oxygen atoms in total. The summed E-state index contributed by atoms with van der Waals surface area (Å²) in [6.07, 6.45) is 1.82. The number of benzene rings is 1. The number of hydrogen-bond donors (Lipinski definition) is 3. The van der Waals surface area contributed by atoms with E-state index in [-0.39, 0.29) is 11.5 Å². The van der Waals surface area contributed by atoms with Gasteiger partial charge < -0.3 is 15.5 Å².